The van der Waals surface area contributed by atoms with Crippen molar-refractivity contribution in [3.63, 3.8) is 0 Å². The molecule has 0 spiro atoms. The molecule has 1 heterocycles. The van der Waals surface area contributed by atoms with Crippen LogP contribution in [0.1, 0.15) is 58.8 Å². The maximum atomic E-state index is 12.5. The zero-order valence-electron chi connectivity index (χ0n) is 12.4. The molecule has 1 aliphatic heterocycles. The number of carbonyl (C=O) groups excluding carboxylic acids is 1. The highest BCUT2D eigenvalue weighted by Crippen LogP contribution is 2.40. The highest BCUT2D eigenvalue weighted by atomic mass is 32.2. The Kier molecular flexibility index (Phi) is 4.67. The number of thioether (sulfide) groups is 1. The Morgan fingerprint density at radius 1 is 1.30 bits per heavy atom. The van der Waals surface area contributed by atoms with E-state index in [9.17, 15) is 14.7 Å². The second-order valence-corrected chi connectivity index (χ2v) is 7.97. The summed E-state index contributed by atoms with van der Waals surface area (Å²) in [6, 6.07) is 0. The van der Waals surface area contributed by atoms with Crippen LogP contribution in [0.4, 0.5) is 0 Å². The highest BCUT2D eigenvalue weighted by molar-refractivity contribution is 8.01. The summed E-state index contributed by atoms with van der Waals surface area (Å²) in [6.07, 6.45) is 5.89. The van der Waals surface area contributed by atoms with Crippen molar-refractivity contribution in [2.24, 2.45) is 5.92 Å². The number of carboxylic acids is 1. The number of carboxylic acid groups (broad SMARTS) is 1. The van der Waals surface area contributed by atoms with E-state index < -0.39 is 16.3 Å². The molecule has 1 saturated heterocycles. The normalized spacial score (nSPS) is 37.6. The third-order valence-electron chi connectivity index (χ3n) is 5.00. The molecule has 1 aliphatic carbocycles. The zero-order chi connectivity index (χ0) is 14.8. The van der Waals surface area contributed by atoms with E-state index in [1.54, 1.807) is 11.8 Å². The van der Waals surface area contributed by atoms with Crippen LogP contribution in [-0.4, -0.2) is 33.0 Å². The van der Waals surface area contributed by atoms with E-state index in [4.69, 9.17) is 0 Å². The second-order valence-electron chi connectivity index (χ2n) is 6.38. The average Bonchev–Trinajstić information content (AvgIpc) is 2.87. The first kappa shape index (κ1) is 15.7. The smallest absolute Gasteiger partial charge is 0.329 e. The average molecular weight is 299 g/mol. The van der Waals surface area contributed by atoms with Gasteiger partial charge in [-0.05, 0) is 57.1 Å². The first-order valence-corrected chi connectivity index (χ1v) is 8.60. The molecule has 5 heteroatoms. The van der Waals surface area contributed by atoms with Gasteiger partial charge in [-0.1, -0.05) is 13.3 Å². The lowest BCUT2D eigenvalue weighted by Gasteiger charge is -2.39. The van der Waals surface area contributed by atoms with Crippen molar-refractivity contribution in [2.45, 2.75) is 69.1 Å². The van der Waals surface area contributed by atoms with Crippen molar-refractivity contribution >= 4 is 23.6 Å². The Bertz CT molecular complexity index is 383. The molecule has 114 valence electrons. The number of amides is 1. The number of hydrogen-bond acceptors (Lipinski definition) is 3. The molecular weight excluding hydrogens is 274 g/mol. The molecule has 1 amide bonds. The minimum atomic E-state index is -1.03. The van der Waals surface area contributed by atoms with Crippen LogP contribution < -0.4 is 5.32 Å². The van der Waals surface area contributed by atoms with Crippen LogP contribution in [0, 0.1) is 5.92 Å². The Labute approximate surface area is 125 Å². The molecule has 2 rings (SSSR count). The van der Waals surface area contributed by atoms with E-state index in [0.717, 1.165) is 37.9 Å². The van der Waals surface area contributed by atoms with Gasteiger partial charge in [0.1, 0.15) is 5.54 Å². The van der Waals surface area contributed by atoms with E-state index in [1.165, 1.54) is 0 Å². The van der Waals surface area contributed by atoms with Gasteiger partial charge in [0, 0.05) is 0 Å². The van der Waals surface area contributed by atoms with Crippen LogP contribution in [0.3, 0.4) is 0 Å². The summed E-state index contributed by atoms with van der Waals surface area (Å²) in [4.78, 5) is 24.2. The predicted molar refractivity (Wildman–Crippen MR) is 80.9 cm³/mol. The molecule has 1 saturated carbocycles. The van der Waals surface area contributed by atoms with Crippen molar-refractivity contribution in [3.8, 4) is 0 Å². The van der Waals surface area contributed by atoms with E-state index in [-0.39, 0.29) is 5.91 Å². The van der Waals surface area contributed by atoms with E-state index in [2.05, 4.69) is 12.2 Å². The number of aliphatic carboxylic acids is 1. The molecule has 0 aromatic carbocycles. The molecule has 20 heavy (non-hydrogen) atoms. The number of carbonyl (C=O) groups is 2. The molecule has 4 nitrogen and oxygen atoms in total. The van der Waals surface area contributed by atoms with Crippen LogP contribution in [0.5, 0.6) is 0 Å². The van der Waals surface area contributed by atoms with E-state index in [1.807, 2.05) is 6.92 Å². The highest BCUT2D eigenvalue weighted by Gasteiger charge is 2.47. The van der Waals surface area contributed by atoms with Crippen molar-refractivity contribution in [2.75, 3.05) is 5.75 Å². The molecule has 1 atom stereocenters. The van der Waals surface area contributed by atoms with Crippen molar-refractivity contribution in [3.05, 3.63) is 0 Å². The third kappa shape index (κ3) is 2.97. The van der Waals surface area contributed by atoms with Crippen LogP contribution in [0.15, 0.2) is 0 Å². The van der Waals surface area contributed by atoms with Gasteiger partial charge in [0.15, 0.2) is 0 Å². The molecule has 0 radical (unpaired) electrons. The van der Waals surface area contributed by atoms with Gasteiger partial charge in [0.05, 0.1) is 4.75 Å². The van der Waals surface area contributed by atoms with E-state index >= 15 is 0 Å². The number of hydrogen-bond donors (Lipinski definition) is 2. The molecule has 2 fully saturated rings. The van der Waals surface area contributed by atoms with Crippen molar-refractivity contribution in [1.29, 1.82) is 0 Å². The summed E-state index contributed by atoms with van der Waals surface area (Å²) in [5.74, 6) is 0.641. The molecule has 0 bridgehead atoms. The molecule has 0 aromatic rings. The summed E-state index contributed by atoms with van der Waals surface area (Å²) in [7, 11) is 0. The lowest BCUT2D eigenvalue weighted by molar-refractivity contribution is -0.150. The molecule has 0 aromatic heterocycles. The largest absolute Gasteiger partial charge is 0.480 e. The van der Waals surface area contributed by atoms with Crippen LogP contribution in [0.2, 0.25) is 0 Å². The fourth-order valence-corrected chi connectivity index (χ4v) is 4.49. The minimum Gasteiger partial charge on any atom is -0.480 e. The number of rotatable bonds is 4. The lowest BCUT2D eigenvalue weighted by atomic mass is 9.75. The fourth-order valence-electron chi connectivity index (χ4n) is 3.28. The van der Waals surface area contributed by atoms with Gasteiger partial charge in [0.2, 0.25) is 5.91 Å². The SMILES string of the molecule is CCC1CCC(NC(=O)C2(C)CCCS2)(C(=O)O)CC1. The number of nitrogens with one attached hydrogen (secondary N) is 1. The molecule has 2 aliphatic rings. The Morgan fingerprint density at radius 3 is 2.40 bits per heavy atom. The summed E-state index contributed by atoms with van der Waals surface area (Å²) in [5.41, 5.74) is -1.03. The van der Waals surface area contributed by atoms with Crippen LogP contribution in [0.25, 0.3) is 0 Å². The van der Waals surface area contributed by atoms with Gasteiger partial charge in [0.25, 0.3) is 0 Å². The standard InChI is InChI=1S/C15H25NO3S/c1-3-11-5-8-15(9-6-11,13(18)19)16-12(17)14(2)7-4-10-20-14/h11H,3-10H2,1-2H3,(H,16,17)(H,18,19). The van der Waals surface area contributed by atoms with Gasteiger partial charge >= 0.3 is 5.97 Å². The Morgan fingerprint density at radius 2 is 1.95 bits per heavy atom. The third-order valence-corrected chi connectivity index (χ3v) is 6.52. The topological polar surface area (TPSA) is 66.4 Å². The summed E-state index contributed by atoms with van der Waals surface area (Å²) >= 11 is 1.65. The van der Waals surface area contributed by atoms with Gasteiger partial charge in [-0.2, -0.15) is 0 Å². The van der Waals surface area contributed by atoms with Gasteiger partial charge < -0.3 is 10.4 Å². The van der Waals surface area contributed by atoms with Gasteiger partial charge in [-0.25, -0.2) is 4.79 Å². The van der Waals surface area contributed by atoms with Crippen LogP contribution >= 0.6 is 11.8 Å². The Balaban J connectivity index is 2.06. The first-order chi connectivity index (χ1) is 9.42. The van der Waals surface area contributed by atoms with E-state index in [0.29, 0.717) is 18.8 Å². The summed E-state index contributed by atoms with van der Waals surface area (Å²) in [6.45, 7) is 4.08. The Hall–Kier alpha value is -0.710. The second kappa shape index (κ2) is 5.96. The minimum absolute atomic E-state index is 0.0858. The lowest BCUT2D eigenvalue weighted by Crippen LogP contribution is -2.59. The van der Waals surface area contributed by atoms with Crippen LogP contribution in [-0.2, 0) is 9.59 Å². The molecule has 1 unspecified atom stereocenters. The predicted octanol–water partition coefficient (Wildman–Crippen LogP) is 2.81. The maximum absolute atomic E-state index is 12.5. The quantitative estimate of drug-likeness (QED) is 0.837. The van der Waals surface area contributed by atoms with Crippen molar-refractivity contribution < 1.29 is 14.7 Å². The maximum Gasteiger partial charge on any atom is 0.329 e. The summed E-state index contributed by atoms with van der Waals surface area (Å²) < 4.78 is -0.440. The fraction of sp³-hybridized carbons (Fsp3) is 0.867. The monoisotopic (exact) mass is 299 g/mol. The zero-order valence-corrected chi connectivity index (χ0v) is 13.2. The van der Waals surface area contributed by atoms with Gasteiger partial charge in [-0.3, -0.25) is 4.79 Å². The van der Waals surface area contributed by atoms with Crippen molar-refractivity contribution in [1.82, 2.24) is 5.32 Å². The molecular formula is C15H25NO3S. The molecule has 2 N–H and O–H groups in total. The van der Waals surface area contributed by atoms with Gasteiger partial charge in [-0.15, -0.1) is 11.8 Å². The first-order valence-electron chi connectivity index (χ1n) is 7.62. The summed E-state index contributed by atoms with van der Waals surface area (Å²) in [5, 5.41) is 12.5.